The van der Waals surface area contributed by atoms with Crippen LogP contribution in [0, 0.1) is 5.92 Å². The van der Waals surface area contributed by atoms with Gasteiger partial charge in [-0.25, -0.2) is 9.78 Å². The van der Waals surface area contributed by atoms with Gasteiger partial charge in [0.15, 0.2) is 0 Å². The summed E-state index contributed by atoms with van der Waals surface area (Å²) in [5.41, 5.74) is 6.07. The van der Waals surface area contributed by atoms with E-state index in [0.29, 0.717) is 22.9 Å². The SMILES string of the molecule is COC(=O)c1ccc(-c2ccc3[nH]c(=O)c(-c4nc5ccccc5[nH]4)c(N[C@H]4CN5CCC4CC5)c3c2)cc1. The molecule has 3 fully saturated rings. The molecule has 0 radical (unpaired) electrons. The van der Waals surface area contributed by atoms with Crippen molar-refractivity contribution in [2.75, 3.05) is 32.1 Å². The van der Waals surface area contributed by atoms with Crippen LogP contribution in [-0.4, -0.2) is 58.6 Å². The molecular formula is C31H29N5O3. The fourth-order valence-corrected chi connectivity index (χ4v) is 6.15. The highest BCUT2D eigenvalue weighted by Crippen LogP contribution is 2.37. The number of ether oxygens (including phenoxy) is 1. The lowest BCUT2D eigenvalue weighted by atomic mass is 9.83. The number of aromatic amines is 2. The molecule has 2 aromatic heterocycles. The zero-order chi connectivity index (χ0) is 26.5. The summed E-state index contributed by atoms with van der Waals surface area (Å²) in [6.45, 7) is 3.25. The first-order chi connectivity index (χ1) is 19.1. The molecule has 3 saturated heterocycles. The Bertz CT molecular complexity index is 1730. The zero-order valence-corrected chi connectivity index (χ0v) is 21.7. The Kier molecular flexibility index (Phi) is 5.70. The number of aromatic nitrogens is 3. The van der Waals surface area contributed by atoms with E-state index >= 15 is 0 Å². The van der Waals surface area contributed by atoms with Gasteiger partial charge in [0.1, 0.15) is 11.4 Å². The molecule has 0 spiro atoms. The van der Waals surface area contributed by atoms with Gasteiger partial charge in [-0.15, -0.1) is 0 Å². The van der Waals surface area contributed by atoms with Crippen molar-refractivity contribution in [1.82, 2.24) is 19.9 Å². The number of para-hydroxylation sites is 2. The number of pyridine rings is 1. The highest BCUT2D eigenvalue weighted by molar-refractivity contribution is 6.01. The molecule has 39 heavy (non-hydrogen) atoms. The second kappa shape index (κ2) is 9.39. The Labute approximate surface area is 225 Å². The zero-order valence-electron chi connectivity index (χ0n) is 21.7. The number of piperidine rings is 3. The van der Waals surface area contributed by atoms with Gasteiger partial charge in [0.05, 0.1) is 34.9 Å². The summed E-state index contributed by atoms with van der Waals surface area (Å²) in [5.74, 6) is 0.759. The summed E-state index contributed by atoms with van der Waals surface area (Å²) < 4.78 is 4.84. The topological polar surface area (TPSA) is 103 Å². The van der Waals surface area contributed by atoms with Gasteiger partial charge < -0.3 is 24.9 Å². The lowest BCUT2D eigenvalue weighted by molar-refractivity contribution is 0.0600. The first kappa shape index (κ1) is 23.7. The molecule has 2 bridgehead atoms. The van der Waals surface area contributed by atoms with E-state index in [1.54, 1.807) is 12.1 Å². The van der Waals surface area contributed by atoms with Crippen molar-refractivity contribution in [3.05, 3.63) is 82.6 Å². The van der Waals surface area contributed by atoms with Crippen molar-refractivity contribution in [2.24, 2.45) is 5.92 Å². The van der Waals surface area contributed by atoms with Gasteiger partial charge in [-0.3, -0.25) is 4.79 Å². The number of carbonyl (C=O) groups excluding carboxylic acids is 1. The summed E-state index contributed by atoms with van der Waals surface area (Å²) in [5, 5.41) is 4.76. The second-order valence-corrected chi connectivity index (χ2v) is 10.5. The smallest absolute Gasteiger partial charge is 0.337 e. The molecule has 3 aliphatic heterocycles. The third-order valence-electron chi connectivity index (χ3n) is 8.27. The van der Waals surface area contributed by atoms with Crippen molar-refractivity contribution in [3.63, 3.8) is 0 Å². The van der Waals surface area contributed by atoms with E-state index in [1.807, 2.05) is 48.5 Å². The van der Waals surface area contributed by atoms with Crippen molar-refractivity contribution >= 4 is 33.6 Å². The second-order valence-electron chi connectivity index (χ2n) is 10.5. The van der Waals surface area contributed by atoms with Crippen molar-refractivity contribution in [1.29, 1.82) is 0 Å². The van der Waals surface area contributed by atoms with E-state index in [4.69, 9.17) is 9.72 Å². The van der Waals surface area contributed by atoms with Gasteiger partial charge >= 0.3 is 5.97 Å². The van der Waals surface area contributed by atoms with Crippen LogP contribution < -0.4 is 10.9 Å². The molecule has 196 valence electrons. The summed E-state index contributed by atoms with van der Waals surface area (Å²) in [6.07, 6.45) is 2.33. The van der Waals surface area contributed by atoms with Gasteiger partial charge in [-0.05, 0) is 79.4 Å². The maximum absolute atomic E-state index is 13.6. The molecule has 0 amide bonds. The maximum atomic E-state index is 13.6. The normalized spacial score (nSPS) is 20.4. The first-order valence-electron chi connectivity index (χ1n) is 13.4. The molecule has 5 aromatic rings. The van der Waals surface area contributed by atoms with Crippen molar-refractivity contribution in [3.8, 4) is 22.5 Å². The fourth-order valence-electron chi connectivity index (χ4n) is 6.15. The van der Waals surface area contributed by atoms with Gasteiger partial charge in [0.25, 0.3) is 5.56 Å². The van der Waals surface area contributed by atoms with Gasteiger partial charge in [-0.2, -0.15) is 0 Å². The van der Waals surface area contributed by atoms with Crippen LogP contribution in [0.25, 0.3) is 44.5 Å². The first-order valence-corrected chi connectivity index (χ1v) is 13.4. The third-order valence-corrected chi connectivity index (χ3v) is 8.27. The highest BCUT2D eigenvalue weighted by atomic mass is 16.5. The Hall–Kier alpha value is -4.43. The molecule has 0 aliphatic carbocycles. The van der Waals surface area contributed by atoms with Crippen LogP contribution in [0.4, 0.5) is 5.69 Å². The standard InChI is InChI=1S/C31H29N5O3/c1-39-31(38)20-8-6-18(7-9-20)21-10-11-23-22(16-21)28(32-26-17-36-14-12-19(26)13-15-36)27(30(37)35-23)29-33-24-4-2-3-5-25(24)34-29/h2-11,16,19,26H,12-15,17H2,1H3,(H,33,34)(H2,32,35,37)/t26-/m0/s1. The number of H-pyrrole nitrogens is 2. The summed E-state index contributed by atoms with van der Waals surface area (Å²) in [4.78, 5) is 39.3. The largest absolute Gasteiger partial charge is 0.465 e. The number of anilines is 1. The number of hydrogen-bond acceptors (Lipinski definition) is 6. The quantitative estimate of drug-likeness (QED) is 0.282. The van der Waals surface area contributed by atoms with Gasteiger partial charge in [-0.1, -0.05) is 30.3 Å². The average molecular weight is 520 g/mol. The van der Waals surface area contributed by atoms with Crippen LogP contribution >= 0.6 is 0 Å². The van der Waals surface area contributed by atoms with Crippen LogP contribution in [0.3, 0.4) is 0 Å². The molecule has 3 N–H and O–H groups in total. The minimum absolute atomic E-state index is 0.180. The fraction of sp³-hybridized carbons (Fsp3) is 0.258. The van der Waals surface area contributed by atoms with Crippen LogP contribution in [0.5, 0.6) is 0 Å². The minimum atomic E-state index is -0.364. The average Bonchev–Trinajstić information content (AvgIpc) is 3.41. The number of carbonyl (C=O) groups is 1. The molecule has 3 aromatic carbocycles. The number of benzene rings is 3. The molecule has 5 heterocycles. The Morgan fingerprint density at radius 2 is 1.74 bits per heavy atom. The number of hydrogen-bond donors (Lipinski definition) is 3. The highest BCUT2D eigenvalue weighted by Gasteiger charge is 2.35. The molecule has 8 rings (SSSR count). The third kappa shape index (κ3) is 4.17. The van der Waals surface area contributed by atoms with Gasteiger partial charge in [0, 0.05) is 18.0 Å². The monoisotopic (exact) mass is 519 g/mol. The molecule has 1 atom stereocenters. The predicted octanol–water partition coefficient (Wildman–Crippen LogP) is 5.03. The number of fused-ring (bicyclic) bond motifs is 5. The number of esters is 1. The number of nitrogens with zero attached hydrogens (tertiary/aromatic N) is 2. The Balaban J connectivity index is 1.40. The molecule has 0 unspecified atom stereocenters. The van der Waals surface area contributed by atoms with E-state index < -0.39 is 0 Å². The van der Waals surface area contributed by atoms with Crippen molar-refractivity contribution in [2.45, 2.75) is 18.9 Å². The summed E-state index contributed by atoms with van der Waals surface area (Å²) in [7, 11) is 1.38. The number of rotatable bonds is 5. The Morgan fingerprint density at radius 1 is 0.974 bits per heavy atom. The number of methoxy groups -OCH3 is 1. The van der Waals surface area contributed by atoms with E-state index in [2.05, 4.69) is 26.3 Å². The molecular weight excluding hydrogens is 490 g/mol. The predicted molar refractivity (Wildman–Crippen MR) is 153 cm³/mol. The lowest BCUT2D eigenvalue weighted by Gasteiger charge is -2.45. The summed E-state index contributed by atoms with van der Waals surface area (Å²) >= 11 is 0. The van der Waals surface area contributed by atoms with E-state index in [-0.39, 0.29) is 17.6 Å². The minimum Gasteiger partial charge on any atom is -0.465 e. The van der Waals surface area contributed by atoms with E-state index in [9.17, 15) is 9.59 Å². The summed E-state index contributed by atoms with van der Waals surface area (Å²) in [6, 6.07) is 21.5. The van der Waals surface area contributed by atoms with Crippen LogP contribution in [0.15, 0.2) is 71.5 Å². The molecule has 8 nitrogen and oxygen atoms in total. The van der Waals surface area contributed by atoms with Crippen molar-refractivity contribution < 1.29 is 9.53 Å². The molecule has 0 saturated carbocycles. The van der Waals surface area contributed by atoms with Crippen LogP contribution in [0.1, 0.15) is 23.2 Å². The van der Waals surface area contributed by atoms with E-state index in [0.717, 1.165) is 71.2 Å². The van der Waals surface area contributed by atoms with Crippen LogP contribution in [0.2, 0.25) is 0 Å². The Morgan fingerprint density at radius 3 is 2.46 bits per heavy atom. The number of imidazole rings is 1. The molecule has 8 heteroatoms. The molecule has 3 aliphatic rings. The number of nitrogens with one attached hydrogen (secondary N) is 3. The maximum Gasteiger partial charge on any atom is 0.337 e. The lowest BCUT2D eigenvalue weighted by Crippen LogP contribution is -2.53. The van der Waals surface area contributed by atoms with E-state index in [1.165, 1.54) is 7.11 Å². The van der Waals surface area contributed by atoms with Crippen LogP contribution in [-0.2, 0) is 4.74 Å². The van der Waals surface area contributed by atoms with Gasteiger partial charge in [0.2, 0.25) is 0 Å².